The summed E-state index contributed by atoms with van der Waals surface area (Å²) in [5.74, 6) is -0.660. The van der Waals surface area contributed by atoms with Crippen LogP contribution >= 0.6 is 7.14 Å². The summed E-state index contributed by atoms with van der Waals surface area (Å²) in [5, 5.41) is 1.22. The van der Waals surface area contributed by atoms with E-state index in [1.807, 2.05) is 25.1 Å². The van der Waals surface area contributed by atoms with E-state index in [9.17, 15) is 14.2 Å². The highest BCUT2D eigenvalue weighted by molar-refractivity contribution is 7.63. The van der Waals surface area contributed by atoms with Crippen molar-refractivity contribution in [1.82, 2.24) is 4.90 Å². The lowest BCUT2D eigenvalue weighted by Gasteiger charge is -2.25. The Morgan fingerprint density at radius 3 is 2.30 bits per heavy atom. The molecule has 0 aromatic heterocycles. The van der Waals surface area contributed by atoms with Crippen LogP contribution in [0.3, 0.4) is 0 Å². The molecule has 2 amide bonds. The highest BCUT2D eigenvalue weighted by Crippen LogP contribution is 2.35. The number of hydrogen-bond donors (Lipinski definition) is 0. The Morgan fingerprint density at radius 1 is 1.17 bits per heavy atom. The molecule has 0 radical (unpaired) electrons. The maximum Gasteiger partial charge on any atom is 0.270 e. The van der Waals surface area contributed by atoms with Gasteiger partial charge >= 0.3 is 0 Å². The van der Waals surface area contributed by atoms with E-state index in [0.29, 0.717) is 12.3 Å². The summed E-state index contributed by atoms with van der Waals surface area (Å²) in [7, 11) is -0.943. The van der Waals surface area contributed by atoms with Crippen LogP contribution in [0.1, 0.15) is 12.5 Å². The number of amides is 2. The van der Waals surface area contributed by atoms with Gasteiger partial charge in [0.1, 0.15) is 6.54 Å². The van der Waals surface area contributed by atoms with Crippen molar-refractivity contribution in [2.45, 2.75) is 13.8 Å². The summed E-state index contributed by atoms with van der Waals surface area (Å²) in [5.41, 5.74) is 1.55. The highest BCUT2D eigenvalue weighted by atomic mass is 31.2. The van der Waals surface area contributed by atoms with Crippen LogP contribution in [0.15, 0.2) is 24.3 Å². The summed E-state index contributed by atoms with van der Waals surface area (Å²) >= 11 is 0. The molecule has 6 nitrogen and oxygen atoms in total. The van der Waals surface area contributed by atoms with Crippen molar-refractivity contribution in [2.75, 3.05) is 44.8 Å². The Kier molecular flexibility index (Phi) is 6.98. The first-order chi connectivity index (χ1) is 10.7. The van der Waals surface area contributed by atoms with E-state index in [1.54, 1.807) is 26.3 Å². The Morgan fingerprint density at radius 2 is 1.78 bits per heavy atom. The van der Waals surface area contributed by atoms with Crippen LogP contribution in [0.5, 0.6) is 0 Å². The van der Waals surface area contributed by atoms with Crippen LogP contribution in [0.25, 0.3) is 0 Å². The number of para-hydroxylation sites is 1. The van der Waals surface area contributed by atoms with E-state index < -0.39 is 7.14 Å². The lowest BCUT2D eigenvalue weighted by molar-refractivity contribution is -0.134. The number of hydrogen-bond acceptors (Lipinski definition) is 4. The predicted octanol–water partition coefficient (Wildman–Crippen LogP) is 2.36. The molecule has 0 aliphatic carbocycles. The molecule has 0 spiro atoms. The number of likely N-dealkylation sites (N-methyl/N-ethyl adjacent to an activating group) is 1. The van der Waals surface area contributed by atoms with Crippen molar-refractivity contribution in [1.29, 1.82) is 0 Å². The number of hydroxylamine groups is 1. The smallest absolute Gasteiger partial charge is 0.270 e. The van der Waals surface area contributed by atoms with Crippen LogP contribution < -0.4 is 5.06 Å². The van der Waals surface area contributed by atoms with Crippen molar-refractivity contribution in [3.05, 3.63) is 29.8 Å². The molecule has 1 aromatic carbocycles. The average molecular weight is 340 g/mol. The highest BCUT2D eigenvalue weighted by Gasteiger charge is 2.23. The van der Waals surface area contributed by atoms with E-state index in [0.717, 1.165) is 5.56 Å². The summed E-state index contributed by atoms with van der Waals surface area (Å²) in [6, 6.07) is 7.37. The van der Waals surface area contributed by atoms with Gasteiger partial charge in [-0.3, -0.25) is 14.4 Å². The molecule has 0 bridgehead atoms. The standard InChI is InChI=1S/C16H25N2O4P/c1-6-22-18(14-10-8-7-9-13(14)2)15(19)11-17(3)16(20)12-23(4,5)21/h7-10H,6,11-12H2,1-5H3. The normalized spacial score (nSPS) is 11.2. The van der Waals surface area contributed by atoms with Crippen LogP contribution in [-0.4, -0.2) is 56.4 Å². The summed E-state index contributed by atoms with van der Waals surface area (Å²) in [6.07, 6.45) is -0.0459. The third kappa shape index (κ3) is 6.16. The summed E-state index contributed by atoms with van der Waals surface area (Å²) < 4.78 is 11.8. The van der Waals surface area contributed by atoms with Crippen LogP contribution in [0, 0.1) is 6.92 Å². The number of aryl methyl sites for hydroxylation is 1. The molecule has 0 fully saturated rings. The number of carbonyl (C=O) groups is 2. The molecule has 0 aliphatic rings. The Bertz CT molecular complexity index is 612. The number of anilines is 1. The van der Waals surface area contributed by atoms with Gasteiger partial charge in [0.2, 0.25) is 5.91 Å². The largest absolute Gasteiger partial charge is 0.336 e. The number of carbonyl (C=O) groups excluding carboxylic acids is 2. The minimum atomic E-state index is -2.47. The molecular weight excluding hydrogens is 315 g/mol. The minimum Gasteiger partial charge on any atom is -0.336 e. The zero-order chi connectivity index (χ0) is 17.6. The van der Waals surface area contributed by atoms with Crippen LogP contribution in [0.4, 0.5) is 5.69 Å². The zero-order valence-corrected chi connectivity index (χ0v) is 15.3. The van der Waals surface area contributed by atoms with Gasteiger partial charge in [-0.05, 0) is 38.8 Å². The predicted molar refractivity (Wildman–Crippen MR) is 92.2 cm³/mol. The van der Waals surface area contributed by atoms with Crippen molar-refractivity contribution < 1.29 is 19.0 Å². The first kappa shape index (κ1) is 19.4. The van der Waals surface area contributed by atoms with Crippen molar-refractivity contribution in [3.8, 4) is 0 Å². The van der Waals surface area contributed by atoms with Crippen LogP contribution in [-0.2, 0) is 19.0 Å². The second kappa shape index (κ2) is 8.27. The maximum atomic E-state index is 12.5. The molecule has 128 valence electrons. The van der Waals surface area contributed by atoms with Crippen molar-refractivity contribution in [3.63, 3.8) is 0 Å². The molecule has 1 rings (SSSR count). The van der Waals surface area contributed by atoms with Gasteiger partial charge in [-0.25, -0.2) is 0 Å². The minimum absolute atomic E-state index is 0.0459. The average Bonchev–Trinajstić information content (AvgIpc) is 2.43. The van der Waals surface area contributed by atoms with E-state index in [1.165, 1.54) is 17.0 Å². The first-order valence-electron chi connectivity index (χ1n) is 7.45. The van der Waals surface area contributed by atoms with Gasteiger partial charge in [0, 0.05) is 7.05 Å². The quantitative estimate of drug-likeness (QED) is 0.564. The van der Waals surface area contributed by atoms with Gasteiger partial charge in [0.05, 0.1) is 25.6 Å². The maximum absolute atomic E-state index is 12.5. The summed E-state index contributed by atoms with van der Waals surface area (Å²) in [6.45, 7) is 6.98. The van der Waals surface area contributed by atoms with Gasteiger partial charge < -0.3 is 9.46 Å². The third-order valence-electron chi connectivity index (χ3n) is 3.13. The molecule has 0 atom stereocenters. The zero-order valence-electron chi connectivity index (χ0n) is 14.4. The molecule has 7 heteroatoms. The first-order valence-corrected chi connectivity index (χ1v) is 10.2. The molecule has 0 heterocycles. The fourth-order valence-corrected chi connectivity index (χ4v) is 2.89. The molecular formula is C16H25N2O4P. The van der Waals surface area contributed by atoms with E-state index in [2.05, 4.69) is 0 Å². The van der Waals surface area contributed by atoms with Crippen molar-refractivity contribution in [2.24, 2.45) is 0 Å². The van der Waals surface area contributed by atoms with Gasteiger partial charge in [-0.1, -0.05) is 18.2 Å². The second-order valence-electron chi connectivity index (χ2n) is 5.87. The monoisotopic (exact) mass is 340 g/mol. The number of nitrogens with zero attached hydrogens (tertiary/aromatic N) is 2. The topological polar surface area (TPSA) is 66.9 Å². The summed E-state index contributed by atoms with van der Waals surface area (Å²) in [4.78, 5) is 31.3. The Balaban J connectivity index is 2.85. The molecule has 0 aliphatic heterocycles. The SMILES string of the molecule is CCON(C(=O)CN(C)C(=O)CP(C)(C)=O)c1ccccc1C. The Labute approximate surface area is 137 Å². The van der Waals surface area contributed by atoms with E-state index in [4.69, 9.17) is 4.84 Å². The van der Waals surface area contributed by atoms with Crippen molar-refractivity contribution >= 4 is 24.6 Å². The van der Waals surface area contributed by atoms with Gasteiger partial charge in [-0.15, -0.1) is 0 Å². The fraction of sp³-hybridized carbons (Fsp3) is 0.500. The fourth-order valence-electron chi connectivity index (χ4n) is 2.00. The van der Waals surface area contributed by atoms with Gasteiger partial charge in [0.15, 0.2) is 0 Å². The molecule has 0 N–H and O–H groups in total. The third-order valence-corrected chi connectivity index (χ3v) is 4.17. The van der Waals surface area contributed by atoms with E-state index in [-0.39, 0.29) is 24.5 Å². The molecule has 0 saturated heterocycles. The van der Waals surface area contributed by atoms with Gasteiger partial charge in [0.25, 0.3) is 5.91 Å². The van der Waals surface area contributed by atoms with Crippen LogP contribution in [0.2, 0.25) is 0 Å². The lowest BCUT2D eigenvalue weighted by atomic mass is 10.2. The number of rotatable bonds is 7. The lowest BCUT2D eigenvalue weighted by Crippen LogP contribution is -2.42. The molecule has 0 saturated carbocycles. The molecule has 23 heavy (non-hydrogen) atoms. The number of benzene rings is 1. The Hall–Kier alpha value is -1.65. The molecule has 0 unspecified atom stereocenters. The van der Waals surface area contributed by atoms with E-state index >= 15 is 0 Å². The molecule has 1 aromatic rings. The second-order valence-corrected chi connectivity index (χ2v) is 9.34. The van der Waals surface area contributed by atoms with Gasteiger partial charge in [-0.2, -0.15) is 5.06 Å².